The Labute approximate surface area is 156 Å². The fraction of sp³-hybridized carbons (Fsp3) is 0.636. The van der Waals surface area contributed by atoms with Crippen LogP contribution in [-0.4, -0.2) is 40.9 Å². The molecular formula is C22H29N3O. The lowest BCUT2D eigenvalue weighted by molar-refractivity contribution is -0.131. The number of benzene rings is 1. The maximum absolute atomic E-state index is 12.1. The van der Waals surface area contributed by atoms with Crippen LogP contribution in [0.3, 0.4) is 0 Å². The minimum atomic E-state index is -0.242. The van der Waals surface area contributed by atoms with Crippen LogP contribution in [0.1, 0.15) is 63.0 Å². The Morgan fingerprint density at radius 3 is 2.42 bits per heavy atom. The zero-order valence-corrected chi connectivity index (χ0v) is 15.8. The molecular weight excluding hydrogens is 322 g/mol. The second-order valence-corrected chi connectivity index (χ2v) is 8.50. The summed E-state index contributed by atoms with van der Waals surface area (Å²) in [7, 11) is 0. The maximum Gasteiger partial charge on any atom is 0.219 e. The topological polar surface area (TPSA) is 47.3 Å². The van der Waals surface area contributed by atoms with E-state index < -0.39 is 0 Å². The van der Waals surface area contributed by atoms with Crippen LogP contribution >= 0.6 is 0 Å². The molecule has 0 bridgehead atoms. The minimum Gasteiger partial charge on any atom is -0.338 e. The predicted octanol–water partition coefficient (Wildman–Crippen LogP) is 3.61. The Morgan fingerprint density at radius 2 is 1.77 bits per heavy atom. The van der Waals surface area contributed by atoms with E-state index in [1.807, 2.05) is 4.90 Å². The number of amides is 1. The molecule has 4 heteroatoms. The third-order valence-corrected chi connectivity index (χ3v) is 7.10. The first-order valence-corrected chi connectivity index (χ1v) is 10.1. The van der Waals surface area contributed by atoms with E-state index in [1.54, 1.807) is 6.92 Å². The standard InChI is InChI=1S/C22H29N3O/c1-18(26)24-15-19-7-3-4-8-20(19)21(17-24)11-13-25(14-12-21)22(16-23)9-5-2-6-10-22/h3-4,7-8H,2,5-6,9-15,17H2,1H3. The number of hydrogen-bond donors (Lipinski definition) is 0. The molecule has 2 aliphatic heterocycles. The largest absolute Gasteiger partial charge is 0.338 e. The van der Waals surface area contributed by atoms with Crippen molar-refractivity contribution < 1.29 is 4.79 Å². The Morgan fingerprint density at radius 1 is 1.08 bits per heavy atom. The summed E-state index contributed by atoms with van der Waals surface area (Å²) in [5, 5.41) is 9.92. The summed E-state index contributed by atoms with van der Waals surface area (Å²) in [5.41, 5.74) is 2.55. The lowest BCUT2D eigenvalue weighted by Gasteiger charge is -2.52. The molecule has 1 saturated carbocycles. The van der Waals surface area contributed by atoms with Gasteiger partial charge in [-0.1, -0.05) is 43.5 Å². The molecule has 2 fully saturated rings. The first-order valence-electron chi connectivity index (χ1n) is 10.1. The van der Waals surface area contributed by atoms with E-state index in [0.29, 0.717) is 0 Å². The molecule has 3 aliphatic rings. The second kappa shape index (κ2) is 6.70. The molecule has 138 valence electrons. The van der Waals surface area contributed by atoms with Crippen LogP contribution < -0.4 is 0 Å². The van der Waals surface area contributed by atoms with Crippen molar-refractivity contribution in [2.45, 2.75) is 69.4 Å². The fourth-order valence-corrected chi connectivity index (χ4v) is 5.54. The quantitative estimate of drug-likeness (QED) is 0.776. The average molecular weight is 351 g/mol. The van der Waals surface area contributed by atoms with E-state index >= 15 is 0 Å². The number of carbonyl (C=O) groups is 1. The van der Waals surface area contributed by atoms with Gasteiger partial charge in [0.2, 0.25) is 5.91 Å². The third-order valence-electron chi connectivity index (χ3n) is 7.10. The Balaban J connectivity index is 1.59. The second-order valence-electron chi connectivity index (χ2n) is 8.50. The zero-order chi connectivity index (χ0) is 18.2. The van der Waals surface area contributed by atoms with Crippen molar-refractivity contribution in [2.75, 3.05) is 19.6 Å². The number of rotatable bonds is 1. The predicted molar refractivity (Wildman–Crippen MR) is 101 cm³/mol. The number of piperidine rings is 1. The maximum atomic E-state index is 12.1. The van der Waals surface area contributed by atoms with E-state index in [9.17, 15) is 10.1 Å². The van der Waals surface area contributed by atoms with Gasteiger partial charge in [-0.2, -0.15) is 5.26 Å². The molecule has 1 amide bonds. The summed E-state index contributed by atoms with van der Waals surface area (Å²) < 4.78 is 0. The van der Waals surface area contributed by atoms with Gasteiger partial charge in [0.15, 0.2) is 0 Å². The highest BCUT2D eigenvalue weighted by molar-refractivity contribution is 5.74. The van der Waals surface area contributed by atoms with Gasteiger partial charge in [0.1, 0.15) is 5.54 Å². The number of carbonyl (C=O) groups excluding carboxylic acids is 1. The molecule has 4 nitrogen and oxygen atoms in total. The summed E-state index contributed by atoms with van der Waals surface area (Å²) in [4.78, 5) is 16.6. The summed E-state index contributed by atoms with van der Waals surface area (Å²) in [6, 6.07) is 11.3. The van der Waals surface area contributed by atoms with Crippen LogP contribution in [0.15, 0.2) is 24.3 Å². The molecule has 0 N–H and O–H groups in total. The van der Waals surface area contributed by atoms with E-state index in [4.69, 9.17) is 0 Å². The SMILES string of the molecule is CC(=O)N1Cc2ccccc2C2(CCN(C3(C#N)CCCCC3)CC2)C1. The van der Waals surface area contributed by atoms with Crippen molar-refractivity contribution in [1.82, 2.24) is 9.80 Å². The normalized spacial score (nSPS) is 24.7. The van der Waals surface area contributed by atoms with Crippen molar-refractivity contribution in [3.63, 3.8) is 0 Å². The van der Waals surface area contributed by atoms with Crippen LogP contribution in [0.4, 0.5) is 0 Å². The zero-order valence-electron chi connectivity index (χ0n) is 15.8. The van der Waals surface area contributed by atoms with E-state index in [-0.39, 0.29) is 16.9 Å². The van der Waals surface area contributed by atoms with Gasteiger partial charge >= 0.3 is 0 Å². The van der Waals surface area contributed by atoms with Gasteiger partial charge < -0.3 is 4.90 Å². The number of nitriles is 1. The van der Waals surface area contributed by atoms with Gasteiger partial charge in [-0.15, -0.1) is 0 Å². The Bertz CT molecular complexity index is 721. The molecule has 0 atom stereocenters. The minimum absolute atomic E-state index is 0.0579. The molecule has 0 aromatic heterocycles. The van der Waals surface area contributed by atoms with Crippen LogP contribution in [0.5, 0.6) is 0 Å². The number of hydrogen-bond acceptors (Lipinski definition) is 3. The van der Waals surface area contributed by atoms with Gasteiger partial charge in [-0.05, 0) is 36.8 Å². The van der Waals surface area contributed by atoms with Gasteiger partial charge in [0.05, 0.1) is 6.07 Å². The van der Waals surface area contributed by atoms with Crippen molar-refractivity contribution in [3.05, 3.63) is 35.4 Å². The van der Waals surface area contributed by atoms with Crippen molar-refractivity contribution >= 4 is 5.91 Å². The first kappa shape index (κ1) is 17.5. The van der Waals surface area contributed by atoms with Crippen molar-refractivity contribution in [1.29, 1.82) is 5.26 Å². The lowest BCUT2D eigenvalue weighted by Crippen LogP contribution is -2.58. The summed E-state index contributed by atoms with van der Waals surface area (Å²) >= 11 is 0. The number of nitrogens with zero attached hydrogens (tertiary/aromatic N) is 3. The lowest BCUT2D eigenvalue weighted by atomic mass is 9.67. The van der Waals surface area contributed by atoms with Gasteiger partial charge in [0, 0.05) is 38.5 Å². The molecule has 1 aromatic rings. The van der Waals surface area contributed by atoms with E-state index in [0.717, 1.165) is 51.9 Å². The summed E-state index contributed by atoms with van der Waals surface area (Å²) in [5.74, 6) is 0.169. The smallest absolute Gasteiger partial charge is 0.219 e. The summed E-state index contributed by atoms with van der Waals surface area (Å²) in [6.45, 7) is 5.18. The van der Waals surface area contributed by atoms with Crippen LogP contribution in [-0.2, 0) is 16.8 Å². The summed E-state index contributed by atoms with van der Waals surface area (Å²) in [6.07, 6.45) is 7.74. The van der Waals surface area contributed by atoms with Crippen molar-refractivity contribution in [3.8, 4) is 6.07 Å². The molecule has 1 saturated heterocycles. The first-order chi connectivity index (χ1) is 12.6. The fourth-order valence-electron chi connectivity index (χ4n) is 5.54. The average Bonchev–Trinajstić information content (AvgIpc) is 2.69. The molecule has 0 unspecified atom stereocenters. The molecule has 1 spiro atoms. The molecule has 4 rings (SSSR count). The highest BCUT2D eigenvalue weighted by Crippen LogP contribution is 2.44. The van der Waals surface area contributed by atoms with Crippen LogP contribution in [0, 0.1) is 11.3 Å². The molecule has 26 heavy (non-hydrogen) atoms. The monoisotopic (exact) mass is 351 g/mol. The van der Waals surface area contributed by atoms with Gasteiger partial charge in [-0.3, -0.25) is 9.69 Å². The number of likely N-dealkylation sites (tertiary alicyclic amines) is 1. The Kier molecular flexibility index (Phi) is 4.52. The molecule has 1 aliphatic carbocycles. The van der Waals surface area contributed by atoms with E-state index in [1.165, 1.54) is 30.4 Å². The van der Waals surface area contributed by atoms with Crippen molar-refractivity contribution in [2.24, 2.45) is 0 Å². The van der Waals surface area contributed by atoms with Gasteiger partial charge in [0.25, 0.3) is 0 Å². The third kappa shape index (κ3) is 2.83. The van der Waals surface area contributed by atoms with Crippen LogP contribution in [0.2, 0.25) is 0 Å². The molecule has 2 heterocycles. The highest BCUT2D eigenvalue weighted by Gasteiger charge is 2.47. The number of fused-ring (bicyclic) bond motifs is 2. The molecule has 1 aromatic carbocycles. The highest BCUT2D eigenvalue weighted by atomic mass is 16.2. The van der Waals surface area contributed by atoms with Gasteiger partial charge in [-0.25, -0.2) is 0 Å². The van der Waals surface area contributed by atoms with E-state index in [2.05, 4.69) is 35.2 Å². The Hall–Kier alpha value is -1.86. The van der Waals surface area contributed by atoms with Crippen LogP contribution in [0.25, 0.3) is 0 Å². The molecule has 0 radical (unpaired) electrons.